The smallest absolute Gasteiger partial charge is 0.166 e. The Morgan fingerprint density at radius 2 is 1.61 bits per heavy atom. The Balaban J connectivity index is 1.39. The number of carbonyl (C=O) groups is 1. The van der Waals surface area contributed by atoms with Gasteiger partial charge in [0.1, 0.15) is 0 Å². The van der Waals surface area contributed by atoms with Crippen LogP contribution in [0.1, 0.15) is 58.8 Å². The molecule has 0 saturated heterocycles. The van der Waals surface area contributed by atoms with Crippen LogP contribution in [-0.4, -0.2) is 17.3 Å². The molecule has 1 aliphatic rings. The van der Waals surface area contributed by atoms with E-state index >= 15 is 0 Å². The number of aromatic nitrogens is 1. The highest BCUT2D eigenvalue weighted by molar-refractivity contribution is 6.31. The number of pyridine rings is 1. The zero-order valence-corrected chi connectivity index (χ0v) is 19.3. The molecule has 0 atom stereocenters. The van der Waals surface area contributed by atoms with Gasteiger partial charge in [-0.25, -0.2) is 0 Å². The van der Waals surface area contributed by atoms with E-state index in [1.165, 1.54) is 11.1 Å². The molecule has 1 N–H and O–H groups in total. The Morgan fingerprint density at radius 3 is 2.30 bits per heavy atom. The second-order valence-electron chi connectivity index (χ2n) is 8.69. The molecule has 0 radical (unpaired) electrons. The van der Waals surface area contributed by atoms with Crippen molar-refractivity contribution in [3.63, 3.8) is 0 Å². The molecule has 0 bridgehead atoms. The number of rotatable bonds is 7. The van der Waals surface area contributed by atoms with Crippen LogP contribution in [0.2, 0.25) is 5.02 Å². The molecule has 3 nitrogen and oxygen atoms in total. The van der Waals surface area contributed by atoms with Gasteiger partial charge in [0, 0.05) is 29.3 Å². The van der Waals surface area contributed by atoms with E-state index in [0.717, 1.165) is 60.1 Å². The predicted molar refractivity (Wildman–Crippen MR) is 136 cm³/mol. The molecule has 5 rings (SSSR count). The number of hydrogen-bond acceptors (Lipinski definition) is 3. The topological polar surface area (TPSA) is 42.0 Å². The third-order valence-corrected chi connectivity index (χ3v) is 6.73. The van der Waals surface area contributed by atoms with Gasteiger partial charge >= 0.3 is 0 Å². The standard InChI is InChI=1S/C29H27ClN2O/c30-22-16-17-24-26(19-22)32-25-14-7-15-27(33)28(25)29(24)31-18-8-13-23(20-9-3-1-4-10-20)21-11-5-2-6-12-21/h1-6,9-12,16-17,19,23H,7-8,13-15,18H2,(H,31,32). The number of halogens is 1. The molecule has 0 aliphatic heterocycles. The van der Waals surface area contributed by atoms with Crippen LogP contribution in [0.15, 0.2) is 78.9 Å². The first kappa shape index (κ1) is 21.7. The van der Waals surface area contributed by atoms with Crippen molar-refractivity contribution in [3.05, 3.63) is 106 Å². The molecule has 0 spiro atoms. The lowest BCUT2D eigenvalue weighted by Crippen LogP contribution is -2.17. The number of hydrogen-bond donors (Lipinski definition) is 1. The summed E-state index contributed by atoms with van der Waals surface area (Å²) in [6.45, 7) is 0.789. The summed E-state index contributed by atoms with van der Waals surface area (Å²) in [6, 6.07) is 27.1. The van der Waals surface area contributed by atoms with Crippen molar-refractivity contribution in [2.45, 2.75) is 38.0 Å². The zero-order valence-electron chi connectivity index (χ0n) is 18.6. The molecule has 4 aromatic rings. The summed E-state index contributed by atoms with van der Waals surface area (Å²) < 4.78 is 0. The molecule has 33 heavy (non-hydrogen) atoms. The van der Waals surface area contributed by atoms with Crippen molar-refractivity contribution >= 4 is 34.0 Å². The van der Waals surface area contributed by atoms with Crippen molar-refractivity contribution in [1.29, 1.82) is 0 Å². The minimum atomic E-state index is 0.189. The molecule has 3 aromatic carbocycles. The molecule has 4 heteroatoms. The average molecular weight is 455 g/mol. The first-order valence-corrected chi connectivity index (χ1v) is 12.1. The van der Waals surface area contributed by atoms with E-state index in [2.05, 4.69) is 66.0 Å². The van der Waals surface area contributed by atoms with Crippen molar-refractivity contribution < 1.29 is 4.79 Å². The van der Waals surface area contributed by atoms with Gasteiger partial charge < -0.3 is 5.32 Å². The second kappa shape index (κ2) is 9.76. The number of ketones is 1. The number of anilines is 1. The Hall–Kier alpha value is -3.17. The first-order valence-electron chi connectivity index (χ1n) is 11.7. The Bertz CT molecular complexity index is 1230. The molecule has 1 aromatic heterocycles. The molecule has 0 unspecified atom stereocenters. The monoisotopic (exact) mass is 454 g/mol. The zero-order chi connectivity index (χ0) is 22.6. The summed E-state index contributed by atoms with van der Waals surface area (Å²) in [7, 11) is 0. The largest absolute Gasteiger partial charge is 0.384 e. The Kier molecular flexibility index (Phi) is 6.41. The summed E-state index contributed by atoms with van der Waals surface area (Å²) in [5, 5.41) is 5.25. The van der Waals surface area contributed by atoms with Crippen molar-refractivity contribution in [1.82, 2.24) is 4.98 Å². The van der Waals surface area contributed by atoms with Gasteiger partial charge in [-0.3, -0.25) is 9.78 Å². The van der Waals surface area contributed by atoms with Crippen LogP contribution in [0.5, 0.6) is 0 Å². The summed E-state index contributed by atoms with van der Waals surface area (Å²) >= 11 is 6.23. The van der Waals surface area contributed by atoms with E-state index < -0.39 is 0 Å². The summed E-state index contributed by atoms with van der Waals surface area (Å²) in [6.07, 6.45) is 4.29. The minimum Gasteiger partial charge on any atom is -0.384 e. The fourth-order valence-electron chi connectivity index (χ4n) is 4.91. The number of nitrogens with zero attached hydrogens (tertiary/aromatic N) is 1. The molecular formula is C29H27ClN2O. The predicted octanol–water partition coefficient (Wildman–Crippen LogP) is 7.43. The van der Waals surface area contributed by atoms with Gasteiger partial charge in [-0.05, 0) is 55.0 Å². The lowest BCUT2D eigenvalue weighted by Gasteiger charge is -2.22. The van der Waals surface area contributed by atoms with Gasteiger partial charge in [0.15, 0.2) is 5.78 Å². The van der Waals surface area contributed by atoms with Crippen LogP contribution in [0, 0.1) is 0 Å². The summed E-state index contributed by atoms with van der Waals surface area (Å²) in [5.41, 5.74) is 6.12. The van der Waals surface area contributed by atoms with Gasteiger partial charge in [-0.15, -0.1) is 0 Å². The molecule has 166 valence electrons. The maximum Gasteiger partial charge on any atom is 0.166 e. The van der Waals surface area contributed by atoms with Gasteiger partial charge in [-0.2, -0.15) is 0 Å². The molecule has 0 fully saturated rings. The molecule has 0 amide bonds. The van der Waals surface area contributed by atoms with Gasteiger partial charge in [0.05, 0.1) is 22.5 Å². The van der Waals surface area contributed by atoms with E-state index in [0.29, 0.717) is 17.4 Å². The quantitative estimate of drug-likeness (QED) is 0.295. The van der Waals surface area contributed by atoms with Crippen LogP contribution >= 0.6 is 11.6 Å². The van der Waals surface area contributed by atoms with Crippen molar-refractivity contribution in [2.75, 3.05) is 11.9 Å². The molecular weight excluding hydrogens is 428 g/mol. The number of nitrogens with one attached hydrogen (secondary N) is 1. The third kappa shape index (κ3) is 4.65. The maximum atomic E-state index is 12.8. The van der Waals surface area contributed by atoms with E-state index in [1.807, 2.05) is 18.2 Å². The fourth-order valence-corrected chi connectivity index (χ4v) is 5.08. The van der Waals surface area contributed by atoms with E-state index in [4.69, 9.17) is 16.6 Å². The number of Topliss-reactive ketones (excluding diaryl/α,β-unsaturated/α-hetero) is 1. The van der Waals surface area contributed by atoms with Crippen LogP contribution in [0.4, 0.5) is 5.69 Å². The third-order valence-electron chi connectivity index (χ3n) is 6.49. The SMILES string of the molecule is O=C1CCCc2nc3cc(Cl)ccc3c(NCCCC(c3ccccc3)c3ccccc3)c21. The number of fused-ring (bicyclic) bond motifs is 2. The Labute approximate surface area is 199 Å². The van der Waals surface area contributed by atoms with Gasteiger partial charge in [-0.1, -0.05) is 72.3 Å². The van der Waals surface area contributed by atoms with Crippen molar-refractivity contribution in [2.24, 2.45) is 0 Å². The van der Waals surface area contributed by atoms with E-state index in [9.17, 15) is 4.79 Å². The number of aryl methyl sites for hydroxylation is 1. The number of carbonyl (C=O) groups excluding carboxylic acids is 1. The highest BCUT2D eigenvalue weighted by atomic mass is 35.5. The minimum absolute atomic E-state index is 0.189. The van der Waals surface area contributed by atoms with Crippen molar-refractivity contribution in [3.8, 4) is 0 Å². The fraction of sp³-hybridized carbons (Fsp3) is 0.241. The summed E-state index contributed by atoms with van der Waals surface area (Å²) in [5.74, 6) is 0.535. The van der Waals surface area contributed by atoms with Gasteiger partial charge in [0.25, 0.3) is 0 Å². The van der Waals surface area contributed by atoms with E-state index in [-0.39, 0.29) is 5.78 Å². The lowest BCUT2D eigenvalue weighted by molar-refractivity contribution is 0.0972. The van der Waals surface area contributed by atoms with Crippen LogP contribution < -0.4 is 5.32 Å². The van der Waals surface area contributed by atoms with Gasteiger partial charge in [0.2, 0.25) is 0 Å². The normalized spacial score (nSPS) is 13.3. The van der Waals surface area contributed by atoms with E-state index in [1.54, 1.807) is 0 Å². The Morgan fingerprint density at radius 1 is 0.909 bits per heavy atom. The maximum absolute atomic E-state index is 12.8. The average Bonchev–Trinajstić information content (AvgIpc) is 2.84. The second-order valence-corrected chi connectivity index (χ2v) is 9.13. The highest BCUT2D eigenvalue weighted by Gasteiger charge is 2.24. The van der Waals surface area contributed by atoms with Crippen LogP contribution in [-0.2, 0) is 6.42 Å². The number of benzene rings is 3. The highest BCUT2D eigenvalue weighted by Crippen LogP contribution is 2.35. The van der Waals surface area contributed by atoms with Crippen LogP contribution in [0.3, 0.4) is 0 Å². The molecule has 1 heterocycles. The first-order chi connectivity index (χ1) is 16.2. The lowest BCUT2D eigenvalue weighted by atomic mass is 9.87. The molecule has 0 saturated carbocycles. The van der Waals surface area contributed by atoms with Crippen LogP contribution in [0.25, 0.3) is 10.9 Å². The summed E-state index contributed by atoms with van der Waals surface area (Å²) in [4.78, 5) is 17.6. The molecule has 1 aliphatic carbocycles.